The lowest BCUT2D eigenvalue weighted by atomic mass is 9.95. The van der Waals surface area contributed by atoms with E-state index in [1.54, 1.807) is 6.20 Å². The van der Waals surface area contributed by atoms with Crippen molar-refractivity contribution >= 4 is 15.9 Å². The SMILES string of the molecule is O=C(C1CCN(S(=O)(=O)c2ccc(F)cc2)CC1)N1CCC(n2ccnc2)CC1. The van der Waals surface area contributed by atoms with Crippen LogP contribution in [0, 0.1) is 11.7 Å². The number of aromatic nitrogens is 2. The van der Waals surface area contributed by atoms with Crippen LogP contribution in [0.1, 0.15) is 31.7 Å². The maximum atomic E-state index is 13.1. The topological polar surface area (TPSA) is 75.5 Å². The quantitative estimate of drug-likeness (QED) is 0.761. The molecule has 0 N–H and O–H groups in total. The minimum atomic E-state index is -3.65. The van der Waals surface area contributed by atoms with E-state index in [9.17, 15) is 17.6 Å². The standard InChI is InChI=1S/C20H25FN4O3S/c21-17-1-3-19(4-2-17)29(27,28)25-12-5-16(6-13-25)20(26)23-10-7-18(8-11-23)24-14-9-22-15-24/h1-4,9,14-16,18H,5-8,10-13H2. The molecule has 2 aromatic rings. The largest absolute Gasteiger partial charge is 0.342 e. The Hall–Kier alpha value is -2.26. The molecule has 0 atom stereocenters. The molecule has 2 saturated heterocycles. The van der Waals surface area contributed by atoms with Crippen LogP contribution in [0.25, 0.3) is 0 Å². The highest BCUT2D eigenvalue weighted by molar-refractivity contribution is 7.89. The lowest BCUT2D eigenvalue weighted by Gasteiger charge is -2.37. The highest BCUT2D eigenvalue weighted by atomic mass is 32.2. The first-order valence-electron chi connectivity index (χ1n) is 9.97. The van der Waals surface area contributed by atoms with Crippen LogP contribution >= 0.6 is 0 Å². The number of benzene rings is 1. The molecule has 7 nitrogen and oxygen atoms in total. The second kappa shape index (κ2) is 8.23. The van der Waals surface area contributed by atoms with Crippen molar-refractivity contribution in [3.8, 4) is 0 Å². The van der Waals surface area contributed by atoms with Gasteiger partial charge in [0.2, 0.25) is 15.9 Å². The molecule has 0 unspecified atom stereocenters. The number of carbonyl (C=O) groups excluding carboxylic acids is 1. The fraction of sp³-hybridized carbons (Fsp3) is 0.500. The van der Waals surface area contributed by atoms with E-state index in [1.807, 2.05) is 17.4 Å². The summed E-state index contributed by atoms with van der Waals surface area (Å²) in [7, 11) is -3.65. The molecule has 2 aliphatic heterocycles. The number of nitrogens with zero attached hydrogens (tertiary/aromatic N) is 4. The maximum absolute atomic E-state index is 13.1. The van der Waals surface area contributed by atoms with Gasteiger partial charge in [0.05, 0.1) is 11.2 Å². The normalized spacial score (nSPS) is 20.1. The zero-order chi connectivity index (χ0) is 20.4. The Morgan fingerprint density at radius 2 is 1.66 bits per heavy atom. The summed E-state index contributed by atoms with van der Waals surface area (Å²) in [5.41, 5.74) is 0. The van der Waals surface area contributed by atoms with Crippen molar-refractivity contribution in [2.75, 3.05) is 26.2 Å². The molecule has 1 aromatic heterocycles. The predicted molar refractivity (Wildman–Crippen MR) is 105 cm³/mol. The highest BCUT2D eigenvalue weighted by Crippen LogP contribution is 2.28. The number of hydrogen-bond acceptors (Lipinski definition) is 4. The monoisotopic (exact) mass is 420 g/mol. The molecule has 4 rings (SSSR count). The third-order valence-corrected chi connectivity index (χ3v) is 7.89. The number of rotatable bonds is 4. The van der Waals surface area contributed by atoms with E-state index < -0.39 is 15.8 Å². The molecule has 0 bridgehead atoms. The van der Waals surface area contributed by atoms with Crippen molar-refractivity contribution in [1.82, 2.24) is 18.8 Å². The molecule has 2 aliphatic rings. The molecule has 1 amide bonds. The van der Waals surface area contributed by atoms with E-state index >= 15 is 0 Å². The van der Waals surface area contributed by atoms with Crippen molar-refractivity contribution in [1.29, 1.82) is 0 Å². The molecule has 2 fully saturated rings. The smallest absolute Gasteiger partial charge is 0.243 e. The second-order valence-electron chi connectivity index (χ2n) is 7.70. The van der Waals surface area contributed by atoms with Crippen LogP contribution in [0.4, 0.5) is 4.39 Å². The Morgan fingerprint density at radius 1 is 1.00 bits per heavy atom. The van der Waals surface area contributed by atoms with Crippen molar-refractivity contribution in [2.45, 2.75) is 36.6 Å². The minimum absolute atomic E-state index is 0.0882. The third kappa shape index (κ3) is 4.20. The van der Waals surface area contributed by atoms with E-state index in [0.29, 0.717) is 32.0 Å². The summed E-state index contributed by atoms with van der Waals surface area (Å²) in [6.45, 7) is 2.05. The van der Waals surface area contributed by atoms with Gasteiger partial charge >= 0.3 is 0 Å². The fourth-order valence-corrected chi connectivity index (χ4v) is 5.70. The summed E-state index contributed by atoms with van der Waals surface area (Å²) in [4.78, 5) is 19.0. The number of sulfonamides is 1. The number of hydrogen-bond donors (Lipinski definition) is 0. The summed E-state index contributed by atoms with van der Waals surface area (Å²) in [5.74, 6) is -0.475. The lowest BCUT2D eigenvalue weighted by Crippen LogP contribution is -2.46. The van der Waals surface area contributed by atoms with Crippen LogP contribution in [0.2, 0.25) is 0 Å². The van der Waals surface area contributed by atoms with E-state index in [-0.39, 0.29) is 16.7 Å². The zero-order valence-corrected chi connectivity index (χ0v) is 17.0. The van der Waals surface area contributed by atoms with Crippen LogP contribution in [0.15, 0.2) is 47.9 Å². The van der Waals surface area contributed by atoms with E-state index in [1.165, 1.54) is 16.4 Å². The number of likely N-dealkylation sites (tertiary alicyclic amines) is 1. The van der Waals surface area contributed by atoms with E-state index in [2.05, 4.69) is 9.55 Å². The predicted octanol–water partition coefficient (Wildman–Crippen LogP) is 2.29. The molecular formula is C20H25FN4O3S. The van der Waals surface area contributed by atoms with Gasteiger partial charge < -0.3 is 9.47 Å². The van der Waals surface area contributed by atoms with E-state index in [4.69, 9.17) is 0 Å². The van der Waals surface area contributed by atoms with Gasteiger partial charge in [0.1, 0.15) is 5.82 Å². The summed E-state index contributed by atoms with van der Waals surface area (Å²) < 4.78 is 42.0. The lowest BCUT2D eigenvalue weighted by molar-refractivity contribution is -0.138. The van der Waals surface area contributed by atoms with Gasteiger partial charge in [0.15, 0.2) is 0 Å². The van der Waals surface area contributed by atoms with Crippen LogP contribution in [0.5, 0.6) is 0 Å². The minimum Gasteiger partial charge on any atom is -0.342 e. The van der Waals surface area contributed by atoms with Crippen molar-refractivity contribution in [3.05, 3.63) is 48.8 Å². The zero-order valence-electron chi connectivity index (χ0n) is 16.2. The molecule has 3 heterocycles. The Bertz CT molecular complexity index is 931. The van der Waals surface area contributed by atoms with Crippen LogP contribution < -0.4 is 0 Å². The van der Waals surface area contributed by atoms with Gasteiger partial charge in [-0.25, -0.2) is 17.8 Å². The molecule has 0 spiro atoms. The van der Waals surface area contributed by atoms with Crippen molar-refractivity contribution in [3.63, 3.8) is 0 Å². The Labute approximate surface area is 170 Å². The number of amides is 1. The van der Waals surface area contributed by atoms with E-state index in [0.717, 1.165) is 38.1 Å². The molecule has 9 heteroatoms. The van der Waals surface area contributed by atoms with Crippen LogP contribution in [-0.2, 0) is 14.8 Å². The molecule has 0 radical (unpaired) electrons. The van der Waals surface area contributed by atoms with Crippen LogP contribution in [-0.4, -0.2) is 59.3 Å². The summed E-state index contributed by atoms with van der Waals surface area (Å²) in [5, 5.41) is 0. The summed E-state index contributed by atoms with van der Waals surface area (Å²) in [6.07, 6.45) is 8.38. The van der Waals surface area contributed by atoms with Crippen LogP contribution in [0.3, 0.4) is 0 Å². The Morgan fingerprint density at radius 3 is 2.24 bits per heavy atom. The second-order valence-corrected chi connectivity index (χ2v) is 9.64. The van der Waals surface area contributed by atoms with Crippen molar-refractivity contribution < 1.29 is 17.6 Å². The molecule has 29 heavy (non-hydrogen) atoms. The molecule has 0 aliphatic carbocycles. The summed E-state index contributed by atoms with van der Waals surface area (Å²) in [6, 6.07) is 5.25. The fourth-order valence-electron chi connectivity index (χ4n) is 4.23. The highest BCUT2D eigenvalue weighted by Gasteiger charge is 2.35. The average molecular weight is 421 g/mol. The number of piperidine rings is 2. The molecule has 1 aromatic carbocycles. The van der Waals surface area contributed by atoms with Gasteiger partial charge in [-0.05, 0) is 49.9 Å². The van der Waals surface area contributed by atoms with Gasteiger partial charge in [0.25, 0.3) is 0 Å². The number of imidazole rings is 1. The summed E-state index contributed by atoms with van der Waals surface area (Å²) >= 11 is 0. The number of carbonyl (C=O) groups is 1. The maximum Gasteiger partial charge on any atom is 0.243 e. The Balaban J connectivity index is 1.31. The molecule has 156 valence electrons. The molecule has 0 saturated carbocycles. The first-order chi connectivity index (χ1) is 13.9. The third-order valence-electron chi connectivity index (χ3n) is 5.98. The van der Waals surface area contributed by atoms with Crippen molar-refractivity contribution in [2.24, 2.45) is 5.92 Å². The van der Waals surface area contributed by atoms with Gasteiger partial charge in [0, 0.05) is 50.5 Å². The van der Waals surface area contributed by atoms with Gasteiger partial charge in [-0.15, -0.1) is 0 Å². The van der Waals surface area contributed by atoms with Gasteiger partial charge in [-0.2, -0.15) is 4.31 Å². The van der Waals surface area contributed by atoms with Gasteiger partial charge in [-0.3, -0.25) is 4.79 Å². The Kier molecular flexibility index (Phi) is 5.69. The first-order valence-corrected chi connectivity index (χ1v) is 11.4. The molecular weight excluding hydrogens is 395 g/mol. The number of halogens is 1. The average Bonchev–Trinajstić information content (AvgIpc) is 3.29. The first kappa shape index (κ1) is 20.0. The van der Waals surface area contributed by atoms with Gasteiger partial charge in [-0.1, -0.05) is 0 Å².